The number of aryl methyl sites for hydroxylation is 1. The summed E-state index contributed by atoms with van der Waals surface area (Å²) in [5.74, 6) is -0.187. The van der Waals surface area contributed by atoms with E-state index in [0.29, 0.717) is 12.2 Å². The van der Waals surface area contributed by atoms with Crippen molar-refractivity contribution in [2.24, 2.45) is 5.41 Å². The van der Waals surface area contributed by atoms with Gasteiger partial charge in [0.1, 0.15) is 10.8 Å². The Balaban J connectivity index is 0.00000364. The molecule has 0 saturated carbocycles. The molecule has 10 rings (SSSR count). The number of aromatic nitrogens is 2. The molecule has 0 saturated heterocycles. The molecule has 374 valence electrons. The summed E-state index contributed by atoms with van der Waals surface area (Å²) in [6, 6.07) is 63.6. The Kier molecular flexibility index (Phi) is 15.6. The van der Waals surface area contributed by atoms with Crippen molar-refractivity contribution in [2.45, 2.75) is 54.4 Å². The van der Waals surface area contributed by atoms with Crippen molar-refractivity contribution in [3.8, 4) is 49.0 Å². The van der Waals surface area contributed by atoms with E-state index in [1.807, 2.05) is 43.5 Å². The predicted molar refractivity (Wildman–Crippen MR) is 316 cm³/mol. The summed E-state index contributed by atoms with van der Waals surface area (Å²) in [6.45, 7) is 5.79. The van der Waals surface area contributed by atoms with Crippen LogP contribution in [0.1, 0.15) is 58.6 Å². The fourth-order valence-corrected chi connectivity index (χ4v) is 11.7. The second-order valence-corrected chi connectivity index (χ2v) is 21.1. The minimum Gasteiger partial charge on any atom is -0.425 e. The number of carbonyl (C=O) groups excluding carboxylic acids is 1. The Bertz CT molecular complexity index is 3490. The second-order valence-electron chi connectivity index (χ2n) is 19.0. The first-order valence-electron chi connectivity index (χ1n) is 24.3. The normalized spacial score (nSPS) is 12.2. The molecule has 0 aliphatic carbocycles. The number of nitriles is 1. The Labute approximate surface area is 445 Å². The summed E-state index contributed by atoms with van der Waals surface area (Å²) in [7, 11) is 8.26. The first kappa shape index (κ1) is 52.4. The van der Waals surface area contributed by atoms with Crippen LogP contribution in [0, 0.1) is 23.7 Å². The highest BCUT2D eigenvalue weighted by atomic mass is 32.1. The van der Waals surface area contributed by atoms with E-state index in [0.717, 1.165) is 78.8 Å². The summed E-state index contributed by atoms with van der Waals surface area (Å²) < 4.78 is 8.28. The number of carbonyl (C=O) groups is 1. The van der Waals surface area contributed by atoms with Crippen LogP contribution in [0.25, 0.3) is 58.9 Å². The third-order valence-corrected chi connectivity index (χ3v) is 16.1. The molecule has 10 heteroatoms. The van der Waals surface area contributed by atoms with Crippen molar-refractivity contribution in [3.63, 3.8) is 0 Å². The number of esters is 1. The number of hydrogen-bond donors (Lipinski definition) is 0. The highest BCUT2D eigenvalue weighted by Gasteiger charge is 2.38. The number of anilines is 5. The largest absolute Gasteiger partial charge is 0.425 e. The molecular weight excluding hydrogens is 949 g/mol. The van der Waals surface area contributed by atoms with E-state index in [-0.39, 0.29) is 20.8 Å². The quantitative estimate of drug-likeness (QED) is 0.0748. The SMILES string of the molecule is C.C.CCC(CC(C)(C#N)C(=O)Oc1ccc(-c2ccc(-n3c4ccc(N(C)C)cc4c4cc(N(C)C)ccc43)cn2)c(C)c1)c1ccc(-c2ccc(-c3ccc(N(c4ccccc4)c4ccccc4)s3)s2)cc1. The average molecular weight is 1010 g/mol. The van der Waals surface area contributed by atoms with Gasteiger partial charge in [-0.05, 0) is 165 Å². The van der Waals surface area contributed by atoms with E-state index in [1.54, 1.807) is 35.7 Å². The average Bonchev–Trinajstić information content (AvgIpc) is 4.17. The first-order valence-corrected chi connectivity index (χ1v) is 25.9. The fourth-order valence-electron chi connectivity index (χ4n) is 9.57. The van der Waals surface area contributed by atoms with Crippen molar-refractivity contribution < 1.29 is 9.53 Å². The number of benzene rings is 6. The summed E-state index contributed by atoms with van der Waals surface area (Å²) >= 11 is 3.56. The third-order valence-electron chi connectivity index (χ3n) is 13.7. The molecule has 0 amide bonds. The van der Waals surface area contributed by atoms with Crippen LogP contribution < -0.4 is 19.4 Å². The number of hydrogen-bond acceptors (Lipinski definition) is 9. The lowest BCUT2D eigenvalue weighted by molar-refractivity contribution is -0.142. The molecular formula is C64H64N6O2S2. The zero-order chi connectivity index (χ0) is 50.1. The fraction of sp³-hybridized carbons (Fsp3) is 0.203. The van der Waals surface area contributed by atoms with Gasteiger partial charge in [0.2, 0.25) is 0 Å². The van der Waals surface area contributed by atoms with E-state index >= 15 is 0 Å². The van der Waals surface area contributed by atoms with Crippen LogP contribution in [0.4, 0.5) is 27.8 Å². The van der Waals surface area contributed by atoms with Gasteiger partial charge in [-0.3, -0.25) is 4.98 Å². The first-order chi connectivity index (χ1) is 34.9. The minimum absolute atomic E-state index is 0. The number of pyridine rings is 1. The molecule has 2 unspecified atom stereocenters. The highest BCUT2D eigenvalue weighted by molar-refractivity contribution is 7.25. The molecule has 0 radical (unpaired) electrons. The number of para-hydroxylation sites is 2. The smallest absolute Gasteiger partial charge is 0.331 e. The zero-order valence-electron chi connectivity index (χ0n) is 41.6. The van der Waals surface area contributed by atoms with Gasteiger partial charge in [0, 0.05) is 81.9 Å². The van der Waals surface area contributed by atoms with Crippen LogP contribution >= 0.6 is 22.7 Å². The number of rotatable bonds is 15. The molecule has 2 atom stereocenters. The van der Waals surface area contributed by atoms with Crippen LogP contribution in [-0.2, 0) is 4.79 Å². The third kappa shape index (κ3) is 10.3. The Hall–Kier alpha value is -7.97. The van der Waals surface area contributed by atoms with Crippen LogP contribution in [0.5, 0.6) is 5.75 Å². The van der Waals surface area contributed by atoms with Crippen molar-refractivity contribution in [3.05, 3.63) is 193 Å². The lowest BCUT2D eigenvalue weighted by atomic mass is 9.78. The summed E-state index contributed by atoms with van der Waals surface area (Å²) in [5, 5.41) is 14.0. The number of thiophene rings is 2. The maximum Gasteiger partial charge on any atom is 0.331 e. The van der Waals surface area contributed by atoms with Gasteiger partial charge in [-0.25, -0.2) is 4.79 Å². The van der Waals surface area contributed by atoms with E-state index in [1.165, 1.54) is 25.4 Å². The lowest BCUT2D eigenvalue weighted by Gasteiger charge is -2.25. The van der Waals surface area contributed by atoms with E-state index in [2.05, 4.69) is 200 Å². The molecule has 10 aromatic rings. The molecule has 74 heavy (non-hydrogen) atoms. The lowest BCUT2D eigenvalue weighted by Crippen LogP contribution is -2.32. The maximum absolute atomic E-state index is 13.9. The second kappa shape index (κ2) is 22.0. The van der Waals surface area contributed by atoms with Gasteiger partial charge >= 0.3 is 5.97 Å². The minimum atomic E-state index is -1.36. The van der Waals surface area contributed by atoms with E-state index < -0.39 is 11.4 Å². The Morgan fingerprint density at radius 2 is 1.26 bits per heavy atom. The molecule has 4 aromatic heterocycles. The Morgan fingerprint density at radius 1 is 0.676 bits per heavy atom. The predicted octanol–water partition coefficient (Wildman–Crippen LogP) is 17.5. The zero-order valence-corrected chi connectivity index (χ0v) is 43.3. The molecule has 0 aliphatic heterocycles. The summed E-state index contributed by atoms with van der Waals surface area (Å²) in [5.41, 5.74) is 11.2. The van der Waals surface area contributed by atoms with Gasteiger partial charge < -0.3 is 24.0 Å². The van der Waals surface area contributed by atoms with Crippen molar-refractivity contribution in [1.29, 1.82) is 5.26 Å². The van der Waals surface area contributed by atoms with Gasteiger partial charge in [-0.15, -0.1) is 22.7 Å². The van der Waals surface area contributed by atoms with Crippen molar-refractivity contribution in [1.82, 2.24) is 9.55 Å². The molecule has 0 fully saturated rings. The monoisotopic (exact) mass is 1010 g/mol. The molecule has 0 N–H and O–H groups in total. The van der Waals surface area contributed by atoms with Gasteiger partial charge in [0.15, 0.2) is 5.41 Å². The van der Waals surface area contributed by atoms with Crippen LogP contribution in [-0.4, -0.2) is 43.7 Å². The number of nitrogens with zero attached hydrogens (tertiary/aromatic N) is 6. The van der Waals surface area contributed by atoms with Gasteiger partial charge in [-0.1, -0.05) is 82.4 Å². The molecule has 0 bridgehead atoms. The topological polar surface area (TPSA) is 77.6 Å². The number of ether oxygens (including phenoxy) is 1. The van der Waals surface area contributed by atoms with E-state index in [9.17, 15) is 10.1 Å². The maximum atomic E-state index is 13.9. The van der Waals surface area contributed by atoms with Gasteiger partial charge in [-0.2, -0.15) is 5.26 Å². The molecule has 0 spiro atoms. The summed E-state index contributed by atoms with van der Waals surface area (Å²) in [4.78, 5) is 29.1. The molecule has 0 aliphatic rings. The van der Waals surface area contributed by atoms with Crippen molar-refractivity contribution in [2.75, 3.05) is 42.9 Å². The summed E-state index contributed by atoms with van der Waals surface area (Å²) in [6.07, 6.45) is 3.02. The van der Waals surface area contributed by atoms with Crippen LogP contribution in [0.2, 0.25) is 0 Å². The van der Waals surface area contributed by atoms with E-state index in [4.69, 9.17) is 9.72 Å². The van der Waals surface area contributed by atoms with Crippen molar-refractivity contribution >= 4 is 78.2 Å². The highest BCUT2D eigenvalue weighted by Crippen LogP contribution is 2.45. The Morgan fingerprint density at radius 3 is 1.80 bits per heavy atom. The van der Waals surface area contributed by atoms with Gasteiger partial charge in [0.05, 0.1) is 34.7 Å². The van der Waals surface area contributed by atoms with Crippen LogP contribution in [0.3, 0.4) is 0 Å². The van der Waals surface area contributed by atoms with Crippen LogP contribution in [0.15, 0.2) is 182 Å². The molecule has 4 heterocycles. The molecule has 6 aromatic carbocycles. The number of fused-ring (bicyclic) bond motifs is 3. The van der Waals surface area contributed by atoms with Gasteiger partial charge in [0.25, 0.3) is 0 Å². The molecule has 8 nitrogen and oxygen atoms in total. The standard InChI is InChI=1S/C62H56N6O2S2.2CH4/c1-8-42(43-19-21-44(22-20-43)57-31-32-58(71-57)59-33-34-60(72-59)67(45-15-11-9-12-16-45)46-17-13-10-14-18-46)38-62(3,40-63)61(69)70-50-26-27-51(41(2)35-50)54-28-23-49(39-64-54)68-55-29-24-47(65(4)5)36-52(55)53-37-48(66(6)7)25-30-56(53)68;;/h9-37,39,42H,8,38H2,1-7H3;2*1H4.